The number of hydrogen-bond acceptors (Lipinski definition) is 9. The highest BCUT2D eigenvalue weighted by atomic mass is 16.5. The predicted octanol–water partition coefficient (Wildman–Crippen LogP) is 3.41. The summed E-state index contributed by atoms with van der Waals surface area (Å²) in [5, 5.41) is 14.0. The first-order chi connectivity index (χ1) is 18.6. The third kappa shape index (κ3) is 5.54. The normalized spacial score (nSPS) is 14.8. The molecule has 0 spiro atoms. The van der Waals surface area contributed by atoms with Gasteiger partial charge in [-0.1, -0.05) is 0 Å². The highest BCUT2D eigenvalue weighted by Gasteiger charge is 2.20. The van der Waals surface area contributed by atoms with Crippen LogP contribution in [-0.4, -0.2) is 77.6 Å². The van der Waals surface area contributed by atoms with E-state index in [1.807, 2.05) is 43.5 Å². The van der Waals surface area contributed by atoms with Crippen LogP contribution < -0.4 is 14.4 Å². The zero-order chi connectivity index (χ0) is 26.5. The molecule has 1 unspecified atom stereocenters. The van der Waals surface area contributed by atoms with Crippen LogP contribution in [0.1, 0.15) is 18.2 Å². The van der Waals surface area contributed by atoms with Crippen molar-refractivity contribution in [2.24, 2.45) is 0 Å². The van der Waals surface area contributed by atoms with Crippen LogP contribution in [-0.2, 0) is 11.3 Å². The molecule has 0 aliphatic carbocycles. The molecule has 0 aromatic carbocycles. The van der Waals surface area contributed by atoms with Crippen molar-refractivity contribution in [3.63, 3.8) is 0 Å². The first-order valence-corrected chi connectivity index (χ1v) is 12.6. The number of methoxy groups -OCH3 is 2. The molecule has 4 aromatic heterocycles. The van der Waals surface area contributed by atoms with E-state index in [1.54, 1.807) is 37.3 Å². The second kappa shape index (κ2) is 11.5. The van der Waals surface area contributed by atoms with E-state index in [2.05, 4.69) is 26.0 Å². The SMILES string of the molecule is COc1ccc(CN2CCN(c3ccc(-c4cc(OCC(C)OC)cn5ncc(C#N)c45)cn3)CC2)nc1. The van der Waals surface area contributed by atoms with Crippen LogP contribution in [0.3, 0.4) is 0 Å². The van der Waals surface area contributed by atoms with E-state index in [4.69, 9.17) is 19.2 Å². The molecule has 5 rings (SSSR count). The van der Waals surface area contributed by atoms with Crippen LogP contribution in [0.25, 0.3) is 16.6 Å². The Morgan fingerprint density at radius 1 is 1.00 bits per heavy atom. The fraction of sp³-hybridized carbons (Fsp3) is 0.357. The fourth-order valence-electron chi connectivity index (χ4n) is 4.48. The second-order valence-electron chi connectivity index (χ2n) is 9.27. The molecule has 1 aliphatic heterocycles. The molecule has 1 atom stereocenters. The summed E-state index contributed by atoms with van der Waals surface area (Å²) in [4.78, 5) is 14.0. The molecule has 0 saturated carbocycles. The van der Waals surface area contributed by atoms with E-state index in [1.165, 1.54) is 0 Å². The number of nitriles is 1. The first kappa shape index (κ1) is 25.4. The summed E-state index contributed by atoms with van der Waals surface area (Å²) in [6, 6.07) is 12.2. The summed E-state index contributed by atoms with van der Waals surface area (Å²) in [5.74, 6) is 2.35. The van der Waals surface area contributed by atoms with Gasteiger partial charge in [0.25, 0.3) is 0 Å². The summed E-state index contributed by atoms with van der Waals surface area (Å²) in [6.45, 7) is 6.79. The van der Waals surface area contributed by atoms with E-state index in [0.717, 1.165) is 66.6 Å². The largest absolute Gasteiger partial charge is 0.495 e. The Morgan fingerprint density at radius 2 is 1.84 bits per heavy atom. The quantitative estimate of drug-likeness (QED) is 0.333. The van der Waals surface area contributed by atoms with Gasteiger partial charge in [0.2, 0.25) is 0 Å². The van der Waals surface area contributed by atoms with Crippen molar-refractivity contribution in [3.8, 4) is 28.7 Å². The lowest BCUT2D eigenvalue weighted by atomic mass is 10.1. The fourth-order valence-corrected chi connectivity index (χ4v) is 4.48. The van der Waals surface area contributed by atoms with Crippen molar-refractivity contribution in [3.05, 3.63) is 66.4 Å². The summed E-state index contributed by atoms with van der Waals surface area (Å²) < 4.78 is 18.1. The summed E-state index contributed by atoms with van der Waals surface area (Å²) >= 11 is 0. The van der Waals surface area contributed by atoms with Crippen LogP contribution in [0.5, 0.6) is 11.5 Å². The molecule has 5 heterocycles. The maximum atomic E-state index is 9.64. The summed E-state index contributed by atoms with van der Waals surface area (Å²) in [7, 11) is 3.30. The van der Waals surface area contributed by atoms with Gasteiger partial charge in [-0.2, -0.15) is 10.4 Å². The molecule has 1 aliphatic rings. The van der Waals surface area contributed by atoms with Crippen LogP contribution in [0.15, 0.2) is 55.1 Å². The molecule has 1 saturated heterocycles. The van der Waals surface area contributed by atoms with Crippen molar-refractivity contribution >= 4 is 11.3 Å². The van der Waals surface area contributed by atoms with Gasteiger partial charge >= 0.3 is 0 Å². The Kier molecular flexibility index (Phi) is 7.67. The predicted molar refractivity (Wildman–Crippen MR) is 143 cm³/mol. The third-order valence-corrected chi connectivity index (χ3v) is 6.77. The number of anilines is 1. The molecule has 38 heavy (non-hydrogen) atoms. The standard InChI is InChI=1S/C28H31N7O3/c1-20(36-2)19-38-25-12-26(28-22(13-29)15-32-35(28)18-25)21-4-7-27(31-14-21)34-10-8-33(9-11-34)17-23-5-6-24(37-3)16-30-23/h4-7,12,14-16,18,20H,8-11,17,19H2,1-3H3. The van der Waals surface area contributed by atoms with Gasteiger partial charge in [0.05, 0.1) is 48.6 Å². The Bertz CT molecular complexity index is 1410. The number of piperazine rings is 1. The molecule has 0 amide bonds. The van der Waals surface area contributed by atoms with Crippen molar-refractivity contribution in [1.29, 1.82) is 5.26 Å². The summed E-state index contributed by atoms with van der Waals surface area (Å²) in [5.41, 5.74) is 4.01. The second-order valence-corrected chi connectivity index (χ2v) is 9.27. The van der Waals surface area contributed by atoms with Gasteiger partial charge < -0.3 is 19.1 Å². The minimum atomic E-state index is -0.0460. The van der Waals surface area contributed by atoms with Gasteiger partial charge in [-0.3, -0.25) is 9.88 Å². The van der Waals surface area contributed by atoms with Crippen molar-refractivity contribution in [2.75, 3.05) is 51.9 Å². The van der Waals surface area contributed by atoms with Gasteiger partial charge in [0, 0.05) is 57.2 Å². The lowest BCUT2D eigenvalue weighted by Crippen LogP contribution is -2.46. The van der Waals surface area contributed by atoms with Crippen LogP contribution in [0.4, 0.5) is 5.82 Å². The monoisotopic (exact) mass is 513 g/mol. The molecule has 0 bridgehead atoms. The highest BCUT2D eigenvalue weighted by Crippen LogP contribution is 2.31. The molecule has 1 fully saturated rings. The Morgan fingerprint density at radius 3 is 2.50 bits per heavy atom. The molecule has 10 nitrogen and oxygen atoms in total. The number of fused-ring (bicyclic) bond motifs is 1. The van der Waals surface area contributed by atoms with E-state index in [-0.39, 0.29) is 6.10 Å². The molecule has 4 aromatic rings. The Balaban J connectivity index is 1.29. The third-order valence-electron chi connectivity index (χ3n) is 6.77. The molecular weight excluding hydrogens is 482 g/mol. The van der Waals surface area contributed by atoms with E-state index in [9.17, 15) is 5.26 Å². The molecule has 10 heteroatoms. The molecule has 0 radical (unpaired) electrons. The van der Waals surface area contributed by atoms with Gasteiger partial charge in [-0.05, 0) is 37.3 Å². The topological polar surface area (TPSA) is 101 Å². The lowest BCUT2D eigenvalue weighted by molar-refractivity contribution is 0.0715. The van der Waals surface area contributed by atoms with Gasteiger partial charge in [0.15, 0.2) is 0 Å². The van der Waals surface area contributed by atoms with Gasteiger partial charge in [-0.25, -0.2) is 9.50 Å². The number of hydrogen-bond donors (Lipinski definition) is 0. The van der Waals surface area contributed by atoms with Crippen LogP contribution in [0, 0.1) is 11.3 Å². The van der Waals surface area contributed by atoms with Crippen molar-refractivity contribution < 1.29 is 14.2 Å². The number of pyridine rings is 3. The minimum Gasteiger partial charge on any atom is -0.495 e. The Hall–Kier alpha value is -4.20. The number of ether oxygens (including phenoxy) is 3. The molecular formula is C28H31N7O3. The molecule has 196 valence electrons. The van der Waals surface area contributed by atoms with E-state index < -0.39 is 0 Å². The highest BCUT2D eigenvalue weighted by molar-refractivity contribution is 5.85. The van der Waals surface area contributed by atoms with Crippen molar-refractivity contribution in [2.45, 2.75) is 19.6 Å². The van der Waals surface area contributed by atoms with Crippen LogP contribution >= 0.6 is 0 Å². The zero-order valence-electron chi connectivity index (χ0n) is 21.9. The Labute approximate surface area is 222 Å². The average Bonchev–Trinajstić information content (AvgIpc) is 3.39. The van der Waals surface area contributed by atoms with Crippen molar-refractivity contribution in [1.82, 2.24) is 24.5 Å². The van der Waals surface area contributed by atoms with Gasteiger partial charge in [0.1, 0.15) is 30.0 Å². The van der Waals surface area contributed by atoms with Crippen LogP contribution in [0.2, 0.25) is 0 Å². The lowest BCUT2D eigenvalue weighted by Gasteiger charge is -2.35. The number of aromatic nitrogens is 4. The number of rotatable bonds is 9. The van der Waals surface area contributed by atoms with Gasteiger partial charge in [-0.15, -0.1) is 0 Å². The number of nitrogens with zero attached hydrogens (tertiary/aromatic N) is 7. The molecule has 0 N–H and O–H groups in total. The summed E-state index contributed by atoms with van der Waals surface area (Å²) in [6.07, 6.45) is 6.92. The maximum Gasteiger partial charge on any atom is 0.138 e. The average molecular weight is 514 g/mol. The van der Waals surface area contributed by atoms with E-state index >= 15 is 0 Å². The maximum absolute atomic E-state index is 9.64. The van der Waals surface area contributed by atoms with E-state index in [0.29, 0.717) is 17.9 Å². The minimum absolute atomic E-state index is 0.0460. The zero-order valence-corrected chi connectivity index (χ0v) is 21.9. The smallest absolute Gasteiger partial charge is 0.138 e. The first-order valence-electron chi connectivity index (χ1n) is 12.6.